The maximum absolute atomic E-state index is 12.9. The normalized spacial score (nSPS) is 17.9. The molecule has 0 bridgehead atoms. The van der Waals surface area contributed by atoms with Gasteiger partial charge in [-0.1, -0.05) is 36.4 Å². The Balaban J connectivity index is 0.00000320. The zero-order valence-corrected chi connectivity index (χ0v) is 18.6. The Morgan fingerprint density at radius 2 is 1.70 bits per heavy atom. The number of carbonyl (C=O) groups excluding carboxylic acids is 1. The highest BCUT2D eigenvalue weighted by molar-refractivity contribution is 5.85. The molecule has 2 aromatic carbocycles. The van der Waals surface area contributed by atoms with Crippen molar-refractivity contribution in [1.29, 1.82) is 0 Å². The Labute approximate surface area is 184 Å². The Morgan fingerprint density at radius 1 is 1.00 bits per heavy atom. The van der Waals surface area contributed by atoms with Gasteiger partial charge in [0.2, 0.25) is 11.7 Å². The van der Waals surface area contributed by atoms with E-state index in [1.807, 2.05) is 35.2 Å². The maximum atomic E-state index is 12.9. The lowest BCUT2D eigenvalue weighted by Gasteiger charge is -2.18. The van der Waals surface area contributed by atoms with Gasteiger partial charge >= 0.3 is 0 Å². The van der Waals surface area contributed by atoms with E-state index < -0.39 is 0 Å². The lowest BCUT2D eigenvalue weighted by molar-refractivity contribution is -0.130. The van der Waals surface area contributed by atoms with Crippen LogP contribution in [0.4, 0.5) is 0 Å². The molecule has 1 amide bonds. The predicted octanol–water partition coefficient (Wildman–Crippen LogP) is 3.27. The number of aryl methyl sites for hydroxylation is 1. The number of nitrogens with zero attached hydrogens (tertiary/aromatic N) is 1. The highest BCUT2D eigenvalue weighted by Gasteiger charge is 2.35. The molecule has 0 aliphatic carbocycles. The van der Waals surface area contributed by atoms with Crippen molar-refractivity contribution in [1.82, 2.24) is 4.90 Å². The minimum atomic E-state index is 0. The minimum absolute atomic E-state index is 0. The van der Waals surface area contributed by atoms with Crippen LogP contribution in [-0.2, 0) is 11.2 Å². The Kier molecular flexibility index (Phi) is 8.81. The van der Waals surface area contributed by atoms with E-state index in [2.05, 4.69) is 12.1 Å². The van der Waals surface area contributed by atoms with E-state index in [1.165, 1.54) is 5.56 Å². The van der Waals surface area contributed by atoms with Crippen molar-refractivity contribution in [2.24, 2.45) is 11.7 Å². The molecule has 2 atom stereocenters. The minimum Gasteiger partial charge on any atom is -0.493 e. The van der Waals surface area contributed by atoms with Crippen molar-refractivity contribution in [3.05, 3.63) is 53.6 Å². The van der Waals surface area contributed by atoms with Gasteiger partial charge in [0.05, 0.1) is 21.3 Å². The summed E-state index contributed by atoms with van der Waals surface area (Å²) in [6.07, 6.45) is 0.979. The molecule has 0 saturated carbocycles. The van der Waals surface area contributed by atoms with E-state index in [0.29, 0.717) is 55.6 Å². The molecule has 1 aliphatic rings. The Hall–Kier alpha value is -2.44. The van der Waals surface area contributed by atoms with Crippen molar-refractivity contribution in [3.63, 3.8) is 0 Å². The van der Waals surface area contributed by atoms with Crippen LogP contribution in [0.2, 0.25) is 0 Å². The van der Waals surface area contributed by atoms with Gasteiger partial charge < -0.3 is 24.8 Å². The molecule has 2 N–H and O–H groups in total. The summed E-state index contributed by atoms with van der Waals surface area (Å²) in [5.74, 6) is 2.49. The van der Waals surface area contributed by atoms with E-state index in [-0.39, 0.29) is 24.2 Å². The average molecular weight is 435 g/mol. The van der Waals surface area contributed by atoms with Gasteiger partial charge in [-0.15, -0.1) is 12.4 Å². The molecular weight excluding hydrogens is 404 g/mol. The number of rotatable bonds is 8. The van der Waals surface area contributed by atoms with E-state index in [4.69, 9.17) is 19.9 Å². The highest BCUT2D eigenvalue weighted by Crippen LogP contribution is 2.40. The summed E-state index contributed by atoms with van der Waals surface area (Å²) >= 11 is 0. The third-order valence-electron chi connectivity index (χ3n) is 5.72. The molecule has 1 aliphatic heterocycles. The topological polar surface area (TPSA) is 74.0 Å². The van der Waals surface area contributed by atoms with Crippen LogP contribution < -0.4 is 19.9 Å². The van der Waals surface area contributed by atoms with Crippen LogP contribution in [0, 0.1) is 5.92 Å². The molecule has 3 rings (SSSR count). The summed E-state index contributed by atoms with van der Waals surface area (Å²) < 4.78 is 16.3. The number of ether oxygens (including phenoxy) is 3. The summed E-state index contributed by atoms with van der Waals surface area (Å²) in [5, 5.41) is 0. The van der Waals surface area contributed by atoms with Crippen LogP contribution in [0.5, 0.6) is 17.2 Å². The van der Waals surface area contributed by atoms with Crippen molar-refractivity contribution in [3.8, 4) is 17.2 Å². The molecular formula is C23H31ClN2O4. The smallest absolute Gasteiger partial charge is 0.222 e. The number of hydrogen-bond acceptors (Lipinski definition) is 5. The predicted molar refractivity (Wildman–Crippen MR) is 120 cm³/mol. The van der Waals surface area contributed by atoms with Gasteiger partial charge in [-0.3, -0.25) is 4.79 Å². The number of methoxy groups -OCH3 is 3. The summed E-state index contributed by atoms with van der Waals surface area (Å²) in [6, 6.07) is 14.1. The largest absolute Gasteiger partial charge is 0.493 e. The zero-order chi connectivity index (χ0) is 20.8. The fourth-order valence-electron chi connectivity index (χ4n) is 4.15. The second-order valence-electron chi connectivity index (χ2n) is 7.31. The van der Waals surface area contributed by atoms with Gasteiger partial charge in [-0.25, -0.2) is 0 Å². The number of likely N-dealkylation sites (tertiary alicyclic amines) is 1. The van der Waals surface area contributed by atoms with Gasteiger partial charge in [0.15, 0.2) is 11.5 Å². The molecule has 7 heteroatoms. The van der Waals surface area contributed by atoms with Gasteiger partial charge in [-0.05, 0) is 36.1 Å². The number of amides is 1. The zero-order valence-electron chi connectivity index (χ0n) is 17.8. The summed E-state index contributed by atoms with van der Waals surface area (Å²) in [5.41, 5.74) is 8.18. The summed E-state index contributed by atoms with van der Waals surface area (Å²) in [7, 11) is 4.76. The standard InChI is InChI=1S/C23H30N2O4.ClH/c1-27-20-11-9-17(22(28-2)23(20)29-3)10-12-21(26)25-14-18(13-24)19(15-25)16-7-5-4-6-8-16;/h4-9,11,18-19H,10,12-15,24H2,1-3H3;1H/t18-,19+;/m1./s1. The van der Waals surface area contributed by atoms with Crippen molar-refractivity contribution >= 4 is 18.3 Å². The van der Waals surface area contributed by atoms with Crippen molar-refractivity contribution in [2.45, 2.75) is 18.8 Å². The van der Waals surface area contributed by atoms with E-state index in [1.54, 1.807) is 21.3 Å². The first-order valence-electron chi connectivity index (χ1n) is 9.93. The first kappa shape index (κ1) is 23.8. The van der Waals surface area contributed by atoms with Crippen LogP contribution >= 0.6 is 12.4 Å². The maximum Gasteiger partial charge on any atom is 0.222 e. The molecule has 0 spiro atoms. The molecule has 1 heterocycles. The molecule has 2 aromatic rings. The SMILES string of the molecule is COc1ccc(CCC(=O)N2C[C@@H](CN)[C@H](c3ccccc3)C2)c(OC)c1OC.Cl. The van der Waals surface area contributed by atoms with Crippen LogP contribution in [0.15, 0.2) is 42.5 Å². The van der Waals surface area contributed by atoms with Crippen LogP contribution in [-0.4, -0.2) is 51.8 Å². The lowest BCUT2D eigenvalue weighted by Crippen LogP contribution is -2.30. The molecule has 30 heavy (non-hydrogen) atoms. The number of carbonyl (C=O) groups is 1. The summed E-state index contributed by atoms with van der Waals surface area (Å²) in [6.45, 7) is 2.00. The third-order valence-corrected chi connectivity index (χ3v) is 5.72. The third kappa shape index (κ3) is 4.99. The second-order valence-corrected chi connectivity index (χ2v) is 7.31. The molecule has 164 valence electrons. The van der Waals surface area contributed by atoms with Crippen LogP contribution in [0.1, 0.15) is 23.5 Å². The molecule has 1 saturated heterocycles. The fourth-order valence-corrected chi connectivity index (χ4v) is 4.15. The molecule has 0 unspecified atom stereocenters. The van der Waals surface area contributed by atoms with E-state index in [9.17, 15) is 4.79 Å². The van der Waals surface area contributed by atoms with E-state index in [0.717, 1.165) is 5.56 Å². The molecule has 1 fully saturated rings. The summed E-state index contributed by atoms with van der Waals surface area (Å²) in [4.78, 5) is 14.9. The quantitative estimate of drug-likeness (QED) is 0.690. The van der Waals surface area contributed by atoms with Crippen LogP contribution in [0.3, 0.4) is 0 Å². The lowest BCUT2D eigenvalue weighted by atomic mass is 9.89. The van der Waals surface area contributed by atoms with Gasteiger partial charge in [0, 0.05) is 25.4 Å². The fraction of sp³-hybridized carbons (Fsp3) is 0.435. The van der Waals surface area contributed by atoms with Crippen LogP contribution in [0.25, 0.3) is 0 Å². The molecule has 0 radical (unpaired) electrons. The second kappa shape index (κ2) is 11.1. The van der Waals surface area contributed by atoms with Crippen molar-refractivity contribution < 1.29 is 19.0 Å². The molecule has 6 nitrogen and oxygen atoms in total. The first-order valence-corrected chi connectivity index (χ1v) is 9.93. The number of hydrogen-bond donors (Lipinski definition) is 1. The molecule has 0 aromatic heterocycles. The number of nitrogens with two attached hydrogens (primary N) is 1. The highest BCUT2D eigenvalue weighted by atomic mass is 35.5. The van der Waals surface area contributed by atoms with Gasteiger partial charge in [0.1, 0.15) is 0 Å². The Morgan fingerprint density at radius 3 is 2.30 bits per heavy atom. The van der Waals surface area contributed by atoms with Gasteiger partial charge in [-0.2, -0.15) is 0 Å². The number of benzene rings is 2. The van der Waals surface area contributed by atoms with E-state index >= 15 is 0 Å². The Bertz CT molecular complexity index is 831. The van der Waals surface area contributed by atoms with Crippen molar-refractivity contribution in [2.75, 3.05) is 41.0 Å². The average Bonchev–Trinajstić information content (AvgIpc) is 3.21. The van der Waals surface area contributed by atoms with Gasteiger partial charge in [0.25, 0.3) is 0 Å². The number of halogens is 1. The monoisotopic (exact) mass is 434 g/mol. The first-order chi connectivity index (χ1) is 14.1.